The van der Waals surface area contributed by atoms with Crippen LogP contribution < -0.4 is 11.5 Å². The lowest BCUT2D eigenvalue weighted by Gasteiger charge is -2.03. The summed E-state index contributed by atoms with van der Waals surface area (Å²) in [6.45, 7) is 0.729. The van der Waals surface area contributed by atoms with E-state index in [1.807, 2.05) is 12.1 Å². The maximum Gasteiger partial charge on any atom is 0.0703 e. The van der Waals surface area contributed by atoms with E-state index in [1.54, 1.807) is 6.20 Å². The van der Waals surface area contributed by atoms with E-state index < -0.39 is 0 Å². The Morgan fingerprint density at radius 1 is 1.20 bits per heavy atom. The first-order valence-corrected chi connectivity index (χ1v) is 5.14. The number of nitrogen functional groups attached to an aromatic ring is 1. The minimum Gasteiger partial charge on any atom is -0.397 e. The topological polar surface area (TPSA) is 64.9 Å². The third-order valence-corrected chi connectivity index (χ3v) is 2.44. The minimum atomic E-state index is 0.707. The number of benzene rings is 1. The minimum absolute atomic E-state index is 0.707. The van der Waals surface area contributed by atoms with Crippen LogP contribution >= 0.6 is 0 Å². The van der Waals surface area contributed by atoms with Gasteiger partial charge in [0.1, 0.15) is 0 Å². The summed E-state index contributed by atoms with van der Waals surface area (Å²) >= 11 is 0. The molecule has 15 heavy (non-hydrogen) atoms. The highest BCUT2D eigenvalue weighted by Gasteiger charge is 1.98. The van der Waals surface area contributed by atoms with E-state index in [-0.39, 0.29) is 0 Å². The SMILES string of the molecule is NCCCc1ccc2ncc(N)cc2c1. The van der Waals surface area contributed by atoms with Crippen LogP contribution in [0.2, 0.25) is 0 Å². The lowest BCUT2D eigenvalue weighted by atomic mass is 10.1. The van der Waals surface area contributed by atoms with Crippen LogP contribution in [0.25, 0.3) is 10.9 Å². The van der Waals surface area contributed by atoms with Crippen molar-refractivity contribution >= 4 is 16.6 Å². The summed E-state index contributed by atoms with van der Waals surface area (Å²) in [5.74, 6) is 0. The predicted molar refractivity (Wildman–Crippen MR) is 63.5 cm³/mol. The molecule has 0 bridgehead atoms. The van der Waals surface area contributed by atoms with Gasteiger partial charge in [-0.25, -0.2) is 0 Å². The molecule has 0 aliphatic rings. The van der Waals surface area contributed by atoms with Gasteiger partial charge in [0.2, 0.25) is 0 Å². The van der Waals surface area contributed by atoms with E-state index in [4.69, 9.17) is 11.5 Å². The predicted octanol–water partition coefficient (Wildman–Crippen LogP) is 1.71. The van der Waals surface area contributed by atoms with Gasteiger partial charge in [0, 0.05) is 5.39 Å². The molecular weight excluding hydrogens is 186 g/mol. The fourth-order valence-electron chi connectivity index (χ4n) is 1.66. The van der Waals surface area contributed by atoms with Crippen LogP contribution in [-0.4, -0.2) is 11.5 Å². The maximum absolute atomic E-state index is 5.69. The lowest BCUT2D eigenvalue weighted by molar-refractivity contribution is 0.833. The van der Waals surface area contributed by atoms with Gasteiger partial charge in [0.15, 0.2) is 0 Å². The monoisotopic (exact) mass is 201 g/mol. The molecule has 4 N–H and O–H groups in total. The highest BCUT2D eigenvalue weighted by Crippen LogP contribution is 2.17. The van der Waals surface area contributed by atoms with Crippen molar-refractivity contribution in [2.24, 2.45) is 5.73 Å². The van der Waals surface area contributed by atoms with Crippen molar-refractivity contribution in [3.63, 3.8) is 0 Å². The van der Waals surface area contributed by atoms with Crippen molar-refractivity contribution in [2.75, 3.05) is 12.3 Å². The first-order chi connectivity index (χ1) is 7.29. The molecule has 0 saturated carbocycles. The number of pyridine rings is 1. The molecule has 0 saturated heterocycles. The van der Waals surface area contributed by atoms with Gasteiger partial charge in [-0.15, -0.1) is 0 Å². The quantitative estimate of drug-likeness (QED) is 0.794. The number of anilines is 1. The van der Waals surface area contributed by atoms with E-state index >= 15 is 0 Å². The zero-order valence-electron chi connectivity index (χ0n) is 8.61. The van der Waals surface area contributed by atoms with Crippen LogP contribution in [0.3, 0.4) is 0 Å². The number of nitrogens with zero attached hydrogens (tertiary/aromatic N) is 1. The van der Waals surface area contributed by atoms with E-state index in [2.05, 4.69) is 17.1 Å². The molecule has 0 aliphatic heterocycles. The van der Waals surface area contributed by atoms with Crippen molar-refractivity contribution < 1.29 is 0 Å². The highest BCUT2D eigenvalue weighted by molar-refractivity contribution is 5.81. The van der Waals surface area contributed by atoms with Crippen LogP contribution in [0.4, 0.5) is 5.69 Å². The Morgan fingerprint density at radius 2 is 2.07 bits per heavy atom. The third kappa shape index (κ3) is 2.25. The summed E-state index contributed by atoms with van der Waals surface area (Å²) in [6, 6.07) is 8.21. The maximum atomic E-state index is 5.69. The zero-order chi connectivity index (χ0) is 10.7. The van der Waals surface area contributed by atoms with E-state index in [0.29, 0.717) is 5.69 Å². The summed E-state index contributed by atoms with van der Waals surface area (Å²) in [5.41, 5.74) is 14.2. The zero-order valence-corrected chi connectivity index (χ0v) is 8.61. The number of hydrogen-bond acceptors (Lipinski definition) is 3. The van der Waals surface area contributed by atoms with Crippen LogP contribution in [0, 0.1) is 0 Å². The molecule has 0 atom stereocenters. The molecule has 78 valence electrons. The Balaban J connectivity index is 2.36. The highest BCUT2D eigenvalue weighted by atomic mass is 14.7. The number of aromatic nitrogens is 1. The summed E-state index contributed by atoms with van der Waals surface area (Å²) in [6.07, 6.45) is 3.71. The van der Waals surface area contributed by atoms with Crippen molar-refractivity contribution in [1.29, 1.82) is 0 Å². The molecule has 0 fully saturated rings. The van der Waals surface area contributed by atoms with Gasteiger partial charge in [-0.1, -0.05) is 6.07 Å². The van der Waals surface area contributed by atoms with Gasteiger partial charge in [-0.05, 0) is 43.1 Å². The smallest absolute Gasteiger partial charge is 0.0703 e. The molecule has 1 aromatic carbocycles. The van der Waals surface area contributed by atoms with Gasteiger partial charge in [0.05, 0.1) is 17.4 Å². The Bertz CT molecular complexity index is 465. The normalized spacial score (nSPS) is 10.7. The summed E-state index contributed by atoms with van der Waals surface area (Å²) in [7, 11) is 0. The Kier molecular flexibility index (Phi) is 2.83. The van der Waals surface area contributed by atoms with Gasteiger partial charge < -0.3 is 11.5 Å². The van der Waals surface area contributed by atoms with Crippen LogP contribution in [0.5, 0.6) is 0 Å². The van der Waals surface area contributed by atoms with Crippen molar-refractivity contribution in [3.05, 3.63) is 36.0 Å². The third-order valence-electron chi connectivity index (χ3n) is 2.44. The molecule has 1 heterocycles. The van der Waals surface area contributed by atoms with Crippen LogP contribution in [0.15, 0.2) is 30.5 Å². The Morgan fingerprint density at radius 3 is 2.87 bits per heavy atom. The lowest BCUT2D eigenvalue weighted by Crippen LogP contribution is -2.00. The number of hydrogen-bond donors (Lipinski definition) is 2. The second-order valence-corrected chi connectivity index (χ2v) is 3.69. The molecule has 2 aromatic rings. The van der Waals surface area contributed by atoms with Crippen LogP contribution in [-0.2, 0) is 6.42 Å². The molecule has 2 rings (SSSR count). The van der Waals surface area contributed by atoms with Gasteiger partial charge >= 0.3 is 0 Å². The number of rotatable bonds is 3. The molecule has 0 amide bonds. The summed E-state index contributed by atoms with van der Waals surface area (Å²) < 4.78 is 0. The largest absolute Gasteiger partial charge is 0.397 e. The number of fused-ring (bicyclic) bond motifs is 1. The standard InChI is InChI=1S/C12H15N3/c13-5-1-2-9-3-4-12-10(6-9)7-11(14)8-15-12/h3-4,6-8H,1-2,5,13-14H2. The average Bonchev–Trinajstić information content (AvgIpc) is 2.25. The van der Waals surface area contributed by atoms with Crippen LogP contribution in [0.1, 0.15) is 12.0 Å². The fourth-order valence-corrected chi connectivity index (χ4v) is 1.66. The van der Waals surface area contributed by atoms with Crippen molar-refractivity contribution in [2.45, 2.75) is 12.8 Å². The van der Waals surface area contributed by atoms with E-state index in [1.165, 1.54) is 5.56 Å². The Hall–Kier alpha value is -1.61. The molecule has 1 aromatic heterocycles. The first kappa shape index (κ1) is 9.93. The molecule has 3 heteroatoms. The first-order valence-electron chi connectivity index (χ1n) is 5.14. The second kappa shape index (κ2) is 4.28. The molecule has 0 aliphatic carbocycles. The summed E-state index contributed by atoms with van der Waals surface area (Å²) in [4.78, 5) is 4.25. The average molecular weight is 201 g/mol. The van der Waals surface area contributed by atoms with E-state index in [0.717, 1.165) is 30.3 Å². The molecular formula is C12H15N3. The molecule has 3 nitrogen and oxygen atoms in total. The van der Waals surface area contributed by atoms with Crippen molar-refractivity contribution in [3.8, 4) is 0 Å². The van der Waals surface area contributed by atoms with E-state index in [9.17, 15) is 0 Å². The fraction of sp³-hybridized carbons (Fsp3) is 0.250. The number of nitrogens with two attached hydrogens (primary N) is 2. The summed E-state index contributed by atoms with van der Waals surface area (Å²) in [5, 5.41) is 1.10. The molecule has 0 spiro atoms. The molecule has 0 radical (unpaired) electrons. The van der Waals surface area contributed by atoms with Crippen molar-refractivity contribution in [1.82, 2.24) is 4.98 Å². The van der Waals surface area contributed by atoms with Gasteiger partial charge in [-0.2, -0.15) is 0 Å². The number of aryl methyl sites for hydroxylation is 1. The molecule has 0 unspecified atom stereocenters. The second-order valence-electron chi connectivity index (χ2n) is 3.69. The Labute approximate surface area is 89.1 Å². The van der Waals surface area contributed by atoms with Gasteiger partial charge in [0.25, 0.3) is 0 Å². The van der Waals surface area contributed by atoms with Gasteiger partial charge in [-0.3, -0.25) is 4.98 Å².